The molecule has 60 valence electrons. The SMILES string of the molecule is Cc1ccc(-c2cn[nH]c2)cn1. The first-order chi connectivity index (χ1) is 5.86. The van der Waals surface area contributed by atoms with Gasteiger partial charge in [-0.2, -0.15) is 5.10 Å². The van der Waals surface area contributed by atoms with Crippen molar-refractivity contribution in [3.05, 3.63) is 36.4 Å². The lowest BCUT2D eigenvalue weighted by atomic mass is 10.1. The summed E-state index contributed by atoms with van der Waals surface area (Å²) in [6, 6.07) is 4.02. The first-order valence-corrected chi connectivity index (χ1v) is 3.78. The molecule has 0 aliphatic heterocycles. The average Bonchev–Trinajstić information content (AvgIpc) is 2.58. The number of aryl methyl sites for hydroxylation is 1. The second kappa shape index (κ2) is 2.77. The number of nitrogens with zero attached hydrogens (tertiary/aromatic N) is 2. The van der Waals surface area contributed by atoms with E-state index in [-0.39, 0.29) is 0 Å². The minimum absolute atomic E-state index is 1.03. The van der Waals surface area contributed by atoms with Crippen molar-refractivity contribution in [1.82, 2.24) is 15.2 Å². The first-order valence-electron chi connectivity index (χ1n) is 3.78. The topological polar surface area (TPSA) is 41.6 Å². The fraction of sp³-hybridized carbons (Fsp3) is 0.111. The molecule has 1 N–H and O–H groups in total. The molecule has 0 amide bonds. The van der Waals surface area contributed by atoms with Crippen molar-refractivity contribution in [1.29, 1.82) is 0 Å². The molecule has 0 atom stereocenters. The van der Waals surface area contributed by atoms with E-state index in [9.17, 15) is 0 Å². The number of hydrogen-bond acceptors (Lipinski definition) is 2. The Morgan fingerprint density at radius 1 is 1.17 bits per heavy atom. The third-order valence-electron chi connectivity index (χ3n) is 1.74. The van der Waals surface area contributed by atoms with Crippen molar-refractivity contribution in [2.45, 2.75) is 6.92 Å². The highest BCUT2D eigenvalue weighted by Gasteiger charge is 1.96. The van der Waals surface area contributed by atoms with Gasteiger partial charge in [0.05, 0.1) is 6.20 Å². The van der Waals surface area contributed by atoms with Gasteiger partial charge < -0.3 is 0 Å². The molecule has 0 spiro atoms. The Bertz CT molecular complexity index is 348. The van der Waals surface area contributed by atoms with Gasteiger partial charge in [0.2, 0.25) is 0 Å². The standard InChI is InChI=1S/C9H9N3/c1-7-2-3-8(4-10-7)9-5-11-12-6-9/h2-6H,1H3,(H,11,12). The third kappa shape index (κ3) is 1.21. The van der Waals surface area contributed by atoms with Gasteiger partial charge in [-0.15, -0.1) is 0 Å². The number of aromatic amines is 1. The predicted molar refractivity (Wildman–Crippen MR) is 46.6 cm³/mol. The molecule has 2 aromatic rings. The highest BCUT2D eigenvalue weighted by molar-refractivity contribution is 5.60. The van der Waals surface area contributed by atoms with Gasteiger partial charge >= 0.3 is 0 Å². The number of nitrogens with one attached hydrogen (secondary N) is 1. The van der Waals surface area contributed by atoms with E-state index in [4.69, 9.17) is 0 Å². The lowest BCUT2D eigenvalue weighted by Crippen LogP contribution is -1.80. The van der Waals surface area contributed by atoms with Crippen molar-refractivity contribution >= 4 is 0 Å². The molecule has 0 unspecified atom stereocenters. The molecule has 0 radical (unpaired) electrons. The van der Waals surface area contributed by atoms with Crippen LogP contribution < -0.4 is 0 Å². The Hall–Kier alpha value is -1.64. The van der Waals surface area contributed by atoms with E-state index in [1.54, 1.807) is 6.20 Å². The number of rotatable bonds is 1. The molecule has 2 heterocycles. The molecule has 3 nitrogen and oxygen atoms in total. The van der Waals surface area contributed by atoms with Gasteiger partial charge in [0, 0.05) is 29.2 Å². The fourth-order valence-corrected chi connectivity index (χ4v) is 1.05. The Balaban J connectivity index is 2.43. The molecule has 0 saturated heterocycles. The third-order valence-corrected chi connectivity index (χ3v) is 1.74. The molecular formula is C9H9N3. The van der Waals surface area contributed by atoms with Crippen LogP contribution in [0, 0.1) is 6.92 Å². The van der Waals surface area contributed by atoms with Crippen molar-refractivity contribution < 1.29 is 0 Å². The van der Waals surface area contributed by atoms with Gasteiger partial charge in [0.1, 0.15) is 0 Å². The number of aromatic nitrogens is 3. The highest BCUT2D eigenvalue weighted by Crippen LogP contribution is 2.15. The molecule has 12 heavy (non-hydrogen) atoms. The Morgan fingerprint density at radius 2 is 2.08 bits per heavy atom. The summed E-state index contributed by atoms with van der Waals surface area (Å²) in [5, 5.41) is 6.63. The zero-order valence-corrected chi connectivity index (χ0v) is 6.78. The van der Waals surface area contributed by atoms with Gasteiger partial charge in [0.25, 0.3) is 0 Å². The Kier molecular flexibility index (Phi) is 1.63. The monoisotopic (exact) mass is 159 g/mol. The molecular weight excluding hydrogens is 150 g/mol. The fourth-order valence-electron chi connectivity index (χ4n) is 1.05. The predicted octanol–water partition coefficient (Wildman–Crippen LogP) is 1.78. The quantitative estimate of drug-likeness (QED) is 0.689. The van der Waals surface area contributed by atoms with E-state index in [1.165, 1.54) is 0 Å². The summed E-state index contributed by atoms with van der Waals surface area (Å²) in [6.07, 6.45) is 5.48. The molecule has 0 fully saturated rings. The van der Waals surface area contributed by atoms with Crippen LogP contribution in [-0.2, 0) is 0 Å². The second-order valence-electron chi connectivity index (χ2n) is 2.68. The minimum atomic E-state index is 1.03. The molecule has 0 aliphatic rings. The summed E-state index contributed by atoms with van der Waals surface area (Å²) in [7, 11) is 0. The van der Waals surface area contributed by atoms with Crippen LogP contribution >= 0.6 is 0 Å². The van der Waals surface area contributed by atoms with Crippen LogP contribution in [0.3, 0.4) is 0 Å². The van der Waals surface area contributed by atoms with Gasteiger partial charge in [-0.05, 0) is 13.0 Å². The number of pyridine rings is 1. The summed E-state index contributed by atoms with van der Waals surface area (Å²) >= 11 is 0. The van der Waals surface area contributed by atoms with Crippen LogP contribution in [0.2, 0.25) is 0 Å². The van der Waals surface area contributed by atoms with E-state index in [2.05, 4.69) is 15.2 Å². The molecule has 0 saturated carbocycles. The zero-order valence-electron chi connectivity index (χ0n) is 6.78. The van der Waals surface area contributed by atoms with E-state index >= 15 is 0 Å². The van der Waals surface area contributed by atoms with Crippen LogP contribution in [0.15, 0.2) is 30.7 Å². The van der Waals surface area contributed by atoms with E-state index in [1.807, 2.05) is 31.5 Å². The molecule has 0 aliphatic carbocycles. The summed E-state index contributed by atoms with van der Waals surface area (Å²) in [5.74, 6) is 0. The normalized spacial score (nSPS) is 10.1. The molecule has 2 rings (SSSR count). The average molecular weight is 159 g/mol. The largest absolute Gasteiger partial charge is 0.285 e. The molecule has 0 bridgehead atoms. The van der Waals surface area contributed by atoms with Crippen molar-refractivity contribution in [2.24, 2.45) is 0 Å². The summed E-state index contributed by atoms with van der Waals surface area (Å²) in [5.41, 5.74) is 3.19. The lowest BCUT2D eigenvalue weighted by Gasteiger charge is -1.95. The minimum Gasteiger partial charge on any atom is -0.285 e. The van der Waals surface area contributed by atoms with Crippen LogP contribution in [0.4, 0.5) is 0 Å². The van der Waals surface area contributed by atoms with E-state index in [0.29, 0.717) is 0 Å². The van der Waals surface area contributed by atoms with Crippen LogP contribution in [-0.4, -0.2) is 15.2 Å². The first kappa shape index (κ1) is 7.03. The summed E-state index contributed by atoms with van der Waals surface area (Å²) < 4.78 is 0. The summed E-state index contributed by atoms with van der Waals surface area (Å²) in [6.45, 7) is 1.97. The van der Waals surface area contributed by atoms with Gasteiger partial charge in [-0.1, -0.05) is 6.07 Å². The van der Waals surface area contributed by atoms with Gasteiger partial charge in [0.15, 0.2) is 0 Å². The zero-order chi connectivity index (χ0) is 8.39. The lowest BCUT2D eigenvalue weighted by molar-refractivity contribution is 1.09. The van der Waals surface area contributed by atoms with Crippen molar-refractivity contribution in [2.75, 3.05) is 0 Å². The van der Waals surface area contributed by atoms with Crippen molar-refractivity contribution in [3.63, 3.8) is 0 Å². The Morgan fingerprint density at radius 3 is 2.67 bits per heavy atom. The van der Waals surface area contributed by atoms with Gasteiger partial charge in [-0.25, -0.2) is 0 Å². The van der Waals surface area contributed by atoms with E-state index < -0.39 is 0 Å². The maximum atomic E-state index is 4.19. The molecule has 0 aromatic carbocycles. The van der Waals surface area contributed by atoms with Crippen LogP contribution in [0.1, 0.15) is 5.69 Å². The van der Waals surface area contributed by atoms with Crippen LogP contribution in [0.5, 0.6) is 0 Å². The van der Waals surface area contributed by atoms with Gasteiger partial charge in [-0.3, -0.25) is 10.1 Å². The van der Waals surface area contributed by atoms with Crippen molar-refractivity contribution in [3.8, 4) is 11.1 Å². The second-order valence-corrected chi connectivity index (χ2v) is 2.68. The smallest absolute Gasteiger partial charge is 0.0566 e. The van der Waals surface area contributed by atoms with Crippen LogP contribution in [0.25, 0.3) is 11.1 Å². The Labute approximate surface area is 70.5 Å². The molecule has 2 aromatic heterocycles. The molecule has 3 heteroatoms. The number of H-pyrrole nitrogens is 1. The maximum Gasteiger partial charge on any atom is 0.0566 e. The van der Waals surface area contributed by atoms with E-state index in [0.717, 1.165) is 16.8 Å². The number of hydrogen-bond donors (Lipinski definition) is 1. The maximum absolute atomic E-state index is 4.19. The highest BCUT2D eigenvalue weighted by atomic mass is 15.1. The summed E-state index contributed by atoms with van der Waals surface area (Å²) in [4.78, 5) is 4.19.